The molecule has 2 rings (SSSR count). The number of aromatic nitrogens is 2. The highest BCUT2D eigenvalue weighted by atomic mass is 16.4. The number of nitrogens with zero attached hydrogens (tertiary/aromatic N) is 2. The van der Waals surface area contributed by atoms with Crippen molar-refractivity contribution in [3.63, 3.8) is 0 Å². The molecule has 0 spiro atoms. The van der Waals surface area contributed by atoms with Gasteiger partial charge in [-0.05, 0) is 12.1 Å². The minimum atomic E-state index is -1.26. The van der Waals surface area contributed by atoms with Gasteiger partial charge < -0.3 is 13.9 Å². The van der Waals surface area contributed by atoms with Crippen LogP contribution in [-0.4, -0.2) is 21.3 Å². The van der Waals surface area contributed by atoms with Crippen LogP contribution in [0.1, 0.15) is 10.7 Å². The standard InChI is InChI=1S/C7H4N2O4/c10-7(11)6-9-8-5(13-6)4-2-1-3-12-4/h1-3H,(H,10,11). The Balaban J connectivity index is 2.39. The van der Waals surface area contributed by atoms with E-state index in [0.717, 1.165) is 0 Å². The molecule has 0 unspecified atom stereocenters. The van der Waals surface area contributed by atoms with Crippen LogP contribution < -0.4 is 0 Å². The molecule has 0 aliphatic rings. The van der Waals surface area contributed by atoms with E-state index in [1.54, 1.807) is 12.1 Å². The fourth-order valence-electron chi connectivity index (χ4n) is 0.809. The average Bonchev–Trinajstić information content (AvgIpc) is 2.75. The van der Waals surface area contributed by atoms with Crippen molar-refractivity contribution in [2.24, 2.45) is 0 Å². The van der Waals surface area contributed by atoms with E-state index in [4.69, 9.17) is 13.9 Å². The summed E-state index contributed by atoms with van der Waals surface area (Å²) < 4.78 is 9.70. The van der Waals surface area contributed by atoms with E-state index in [1.807, 2.05) is 0 Å². The molecule has 0 saturated carbocycles. The van der Waals surface area contributed by atoms with Crippen LogP contribution in [0.25, 0.3) is 11.7 Å². The van der Waals surface area contributed by atoms with Gasteiger partial charge in [-0.3, -0.25) is 0 Å². The predicted octanol–water partition coefficient (Wildman–Crippen LogP) is 1.03. The highest BCUT2D eigenvalue weighted by molar-refractivity contribution is 5.82. The summed E-state index contributed by atoms with van der Waals surface area (Å²) in [4.78, 5) is 10.4. The van der Waals surface area contributed by atoms with Gasteiger partial charge in [0.2, 0.25) is 0 Å². The Morgan fingerprint density at radius 3 is 2.85 bits per heavy atom. The first-order valence-electron chi connectivity index (χ1n) is 3.38. The van der Waals surface area contributed by atoms with Crippen molar-refractivity contribution in [3.05, 3.63) is 24.3 Å². The van der Waals surface area contributed by atoms with Crippen LogP contribution in [0.5, 0.6) is 0 Å². The van der Waals surface area contributed by atoms with Crippen molar-refractivity contribution in [3.8, 4) is 11.7 Å². The van der Waals surface area contributed by atoms with E-state index >= 15 is 0 Å². The summed E-state index contributed by atoms with van der Waals surface area (Å²) in [7, 11) is 0. The molecule has 1 N–H and O–H groups in total. The highest BCUT2D eigenvalue weighted by Gasteiger charge is 2.15. The molecule has 0 aliphatic carbocycles. The van der Waals surface area contributed by atoms with Gasteiger partial charge in [-0.15, -0.1) is 10.2 Å². The molecule has 66 valence electrons. The molecule has 2 aromatic heterocycles. The lowest BCUT2D eigenvalue weighted by atomic mass is 10.5. The largest absolute Gasteiger partial charge is 0.474 e. The molecule has 13 heavy (non-hydrogen) atoms. The number of aromatic carboxylic acids is 1. The minimum Gasteiger partial charge on any atom is -0.474 e. The van der Waals surface area contributed by atoms with E-state index < -0.39 is 11.9 Å². The molecular weight excluding hydrogens is 176 g/mol. The number of carboxylic acid groups (broad SMARTS) is 1. The Labute approximate surface area is 71.8 Å². The lowest BCUT2D eigenvalue weighted by molar-refractivity contribution is 0.0654. The fourth-order valence-corrected chi connectivity index (χ4v) is 0.809. The van der Waals surface area contributed by atoms with Gasteiger partial charge in [-0.1, -0.05) is 0 Å². The molecule has 2 heterocycles. The maximum atomic E-state index is 10.4. The first-order valence-corrected chi connectivity index (χ1v) is 3.38. The molecule has 0 amide bonds. The normalized spacial score (nSPS) is 10.2. The zero-order valence-electron chi connectivity index (χ0n) is 6.30. The second kappa shape index (κ2) is 2.74. The number of hydrogen-bond donors (Lipinski definition) is 1. The van der Waals surface area contributed by atoms with Gasteiger partial charge in [-0.25, -0.2) is 4.79 Å². The van der Waals surface area contributed by atoms with Gasteiger partial charge in [0.15, 0.2) is 5.76 Å². The van der Waals surface area contributed by atoms with Crippen molar-refractivity contribution in [1.29, 1.82) is 0 Å². The summed E-state index contributed by atoms with van der Waals surface area (Å²) in [6.45, 7) is 0. The third-order valence-electron chi connectivity index (χ3n) is 1.34. The first kappa shape index (κ1) is 7.53. The lowest BCUT2D eigenvalue weighted by Crippen LogP contribution is -1.95. The number of carbonyl (C=O) groups is 1. The number of rotatable bonds is 2. The van der Waals surface area contributed by atoms with Crippen molar-refractivity contribution >= 4 is 5.97 Å². The van der Waals surface area contributed by atoms with E-state index in [0.29, 0.717) is 5.76 Å². The third-order valence-corrected chi connectivity index (χ3v) is 1.34. The predicted molar refractivity (Wildman–Crippen MR) is 39.0 cm³/mol. The van der Waals surface area contributed by atoms with Gasteiger partial charge in [-0.2, -0.15) is 0 Å². The van der Waals surface area contributed by atoms with Crippen molar-refractivity contribution < 1.29 is 18.7 Å². The molecule has 6 heteroatoms. The molecule has 6 nitrogen and oxygen atoms in total. The molecule has 0 saturated heterocycles. The minimum absolute atomic E-state index is 0.0578. The van der Waals surface area contributed by atoms with Crippen LogP contribution in [0, 0.1) is 0 Å². The number of furan rings is 1. The van der Waals surface area contributed by atoms with E-state index in [9.17, 15) is 4.79 Å². The lowest BCUT2D eigenvalue weighted by Gasteiger charge is -1.83. The van der Waals surface area contributed by atoms with Crippen LogP contribution in [0.2, 0.25) is 0 Å². The van der Waals surface area contributed by atoms with Crippen LogP contribution in [0.15, 0.2) is 27.2 Å². The molecule has 0 bridgehead atoms. The second-order valence-corrected chi connectivity index (χ2v) is 2.19. The number of carboxylic acids is 1. The zero-order chi connectivity index (χ0) is 9.26. The van der Waals surface area contributed by atoms with Crippen molar-refractivity contribution in [2.45, 2.75) is 0 Å². The van der Waals surface area contributed by atoms with Gasteiger partial charge >= 0.3 is 11.9 Å². The summed E-state index contributed by atoms with van der Waals surface area (Å²) >= 11 is 0. The Kier molecular flexibility index (Phi) is 1.59. The van der Waals surface area contributed by atoms with Crippen LogP contribution in [-0.2, 0) is 0 Å². The maximum Gasteiger partial charge on any atom is 0.393 e. The summed E-state index contributed by atoms with van der Waals surface area (Å²) in [5.41, 5.74) is 0. The third kappa shape index (κ3) is 1.28. The van der Waals surface area contributed by atoms with Gasteiger partial charge in [0, 0.05) is 0 Å². The Morgan fingerprint density at radius 1 is 1.46 bits per heavy atom. The summed E-state index contributed by atoms with van der Waals surface area (Å²) in [6.07, 6.45) is 1.43. The van der Waals surface area contributed by atoms with E-state index in [-0.39, 0.29) is 5.89 Å². The van der Waals surface area contributed by atoms with Crippen LogP contribution >= 0.6 is 0 Å². The average molecular weight is 180 g/mol. The Morgan fingerprint density at radius 2 is 2.31 bits per heavy atom. The maximum absolute atomic E-state index is 10.4. The monoisotopic (exact) mass is 180 g/mol. The molecule has 0 atom stereocenters. The van der Waals surface area contributed by atoms with Gasteiger partial charge in [0.1, 0.15) is 0 Å². The van der Waals surface area contributed by atoms with Crippen LogP contribution in [0.4, 0.5) is 0 Å². The molecule has 0 aromatic carbocycles. The van der Waals surface area contributed by atoms with Gasteiger partial charge in [0.05, 0.1) is 6.26 Å². The molecule has 0 aliphatic heterocycles. The summed E-state index contributed by atoms with van der Waals surface area (Å²) in [6, 6.07) is 3.24. The second-order valence-electron chi connectivity index (χ2n) is 2.19. The zero-order valence-corrected chi connectivity index (χ0v) is 6.30. The smallest absolute Gasteiger partial charge is 0.393 e. The topological polar surface area (TPSA) is 89.4 Å². The Bertz CT molecular complexity index is 417. The molecule has 0 fully saturated rings. The highest BCUT2D eigenvalue weighted by Crippen LogP contribution is 2.17. The SMILES string of the molecule is O=C(O)c1nnc(-c2ccco2)o1. The Hall–Kier alpha value is -2.11. The van der Waals surface area contributed by atoms with Gasteiger partial charge in [0.25, 0.3) is 5.89 Å². The fraction of sp³-hybridized carbons (Fsp3) is 0. The summed E-state index contributed by atoms with van der Waals surface area (Å²) in [5, 5.41) is 15.3. The van der Waals surface area contributed by atoms with E-state index in [2.05, 4.69) is 10.2 Å². The molecule has 0 radical (unpaired) electrons. The van der Waals surface area contributed by atoms with Crippen molar-refractivity contribution in [1.82, 2.24) is 10.2 Å². The first-order chi connectivity index (χ1) is 6.27. The number of hydrogen-bond acceptors (Lipinski definition) is 5. The molecule has 2 aromatic rings. The molecular formula is C7H4N2O4. The van der Waals surface area contributed by atoms with E-state index in [1.165, 1.54) is 6.26 Å². The summed E-state index contributed by atoms with van der Waals surface area (Å²) in [5.74, 6) is -1.31. The van der Waals surface area contributed by atoms with Crippen LogP contribution in [0.3, 0.4) is 0 Å². The quantitative estimate of drug-likeness (QED) is 0.742. The van der Waals surface area contributed by atoms with Crippen molar-refractivity contribution in [2.75, 3.05) is 0 Å².